The maximum Gasteiger partial charge on any atom is 0.340 e. The Balaban J connectivity index is 1.88. The third-order valence-electron chi connectivity index (χ3n) is 4.72. The van der Waals surface area contributed by atoms with Crippen molar-refractivity contribution >= 4 is 28.1 Å². The summed E-state index contributed by atoms with van der Waals surface area (Å²) in [5, 5.41) is 3.66. The monoisotopic (exact) mass is 423 g/mol. The van der Waals surface area contributed by atoms with Gasteiger partial charge in [0, 0.05) is 18.7 Å². The number of hydrazone groups is 1. The molecule has 0 spiro atoms. The zero-order chi connectivity index (χ0) is 20.1. The molecule has 1 aliphatic heterocycles. The topological polar surface area (TPSA) is 94.2 Å². The number of piperidine rings is 1. The van der Waals surface area contributed by atoms with Crippen LogP contribution in [-0.4, -0.2) is 39.9 Å². The van der Waals surface area contributed by atoms with Gasteiger partial charge in [0.15, 0.2) is 11.5 Å². The van der Waals surface area contributed by atoms with Crippen LogP contribution in [0.1, 0.15) is 24.3 Å². The van der Waals surface area contributed by atoms with Crippen molar-refractivity contribution in [2.24, 2.45) is 10.9 Å². The predicted molar refractivity (Wildman–Crippen MR) is 108 cm³/mol. The van der Waals surface area contributed by atoms with Crippen LogP contribution in [-0.2, 0) is 10.1 Å². The number of hydrogen-bond donors (Lipinski definition) is 1. The highest BCUT2D eigenvalue weighted by atomic mass is 35.5. The molecule has 1 aliphatic rings. The number of para-hydroxylation sites is 1. The number of hydrogen-bond acceptors (Lipinski definition) is 6. The Hall–Kier alpha value is -2.45. The van der Waals surface area contributed by atoms with Crippen molar-refractivity contribution in [2.45, 2.75) is 23.7 Å². The van der Waals surface area contributed by atoms with Crippen molar-refractivity contribution in [3.05, 3.63) is 53.1 Å². The number of methoxy groups -OCH3 is 1. The van der Waals surface area contributed by atoms with Crippen molar-refractivity contribution in [3.63, 3.8) is 0 Å². The molecule has 1 saturated heterocycles. The van der Waals surface area contributed by atoms with Gasteiger partial charge < -0.3 is 19.7 Å². The second-order valence-electron chi connectivity index (χ2n) is 6.42. The van der Waals surface area contributed by atoms with E-state index >= 15 is 0 Å². The second kappa shape index (κ2) is 8.70. The Morgan fingerprint density at radius 3 is 2.54 bits per heavy atom. The molecule has 3 rings (SSSR count). The van der Waals surface area contributed by atoms with Gasteiger partial charge in [0.25, 0.3) is 0 Å². The highest BCUT2D eigenvalue weighted by Gasteiger charge is 2.27. The number of nitrogens with two attached hydrogens (primary N) is 1. The van der Waals surface area contributed by atoms with E-state index in [0.717, 1.165) is 31.5 Å². The number of ether oxygens (including phenoxy) is 1. The van der Waals surface area contributed by atoms with Crippen LogP contribution in [0.15, 0.2) is 52.5 Å². The van der Waals surface area contributed by atoms with Crippen LogP contribution < -0.4 is 14.8 Å². The zero-order valence-corrected chi connectivity index (χ0v) is 17.0. The van der Waals surface area contributed by atoms with E-state index in [1.54, 1.807) is 30.6 Å². The maximum absolute atomic E-state index is 12.7. The molecule has 0 aromatic heterocycles. The predicted octanol–water partition coefficient (Wildman–Crippen LogP) is 3.20. The van der Waals surface area contributed by atoms with Gasteiger partial charge in [0.05, 0.1) is 12.1 Å². The highest BCUT2D eigenvalue weighted by Crippen LogP contribution is 2.41. The summed E-state index contributed by atoms with van der Waals surface area (Å²) in [7, 11) is -2.59. The van der Waals surface area contributed by atoms with Gasteiger partial charge in [-0.2, -0.15) is 13.5 Å². The molecule has 0 saturated carbocycles. The van der Waals surface area contributed by atoms with Crippen LogP contribution in [0.5, 0.6) is 11.5 Å². The quantitative estimate of drug-likeness (QED) is 0.252. The molecule has 2 aromatic carbocycles. The Morgan fingerprint density at radius 1 is 1.18 bits per heavy atom. The van der Waals surface area contributed by atoms with Gasteiger partial charge in [-0.25, -0.2) is 0 Å². The van der Waals surface area contributed by atoms with Gasteiger partial charge in [-0.3, -0.25) is 0 Å². The first-order chi connectivity index (χ1) is 13.5. The normalized spacial score (nSPS) is 15.7. The van der Waals surface area contributed by atoms with Crippen LogP contribution in [0.25, 0.3) is 0 Å². The minimum atomic E-state index is -4.09. The first-order valence-electron chi connectivity index (χ1n) is 8.79. The Bertz CT molecular complexity index is 957. The van der Waals surface area contributed by atoms with Crippen LogP contribution >= 0.6 is 11.6 Å². The molecule has 9 heteroatoms. The minimum absolute atomic E-state index is 0.0847. The van der Waals surface area contributed by atoms with Gasteiger partial charge in [0.1, 0.15) is 11.2 Å². The summed E-state index contributed by atoms with van der Waals surface area (Å²) in [6.45, 7) is 1.61. The summed E-state index contributed by atoms with van der Waals surface area (Å²) in [6.07, 6.45) is 3.36. The Kier molecular flexibility index (Phi) is 6.31. The van der Waals surface area contributed by atoms with Gasteiger partial charge in [0.2, 0.25) is 0 Å². The molecule has 2 N–H and O–H groups in total. The van der Waals surface area contributed by atoms with E-state index < -0.39 is 10.1 Å². The van der Waals surface area contributed by atoms with Crippen LogP contribution in [0, 0.1) is 0 Å². The van der Waals surface area contributed by atoms with E-state index in [1.807, 2.05) is 11.0 Å². The molecule has 0 atom stereocenters. The second-order valence-corrected chi connectivity index (χ2v) is 8.34. The molecule has 0 aliphatic carbocycles. The molecule has 0 amide bonds. The average Bonchev–Trinajstić information content (AvgIpc) is 2.68. The molecule has 28 heavy (non-hydrogen) atoms. The minimum Gasteiger partial charge on any atom is -0.492 e. The van der Waals surface area contributed by atoms with Crippen LogP contribution in [0.4, 0.5) is 0 Å². The van der Waals surface area contributed by atoms with Crippen molar-refractivity contribution in [3.8, 4) is 11.5 Å². The number of likely N-dealkylation sites (tertiary alicyclic amines) is 1. The standard InChI is InChI=1S/C19H22ClN3O4S/c1-26-19-15(14-9-11-23(12-10-14)13-22-21)5-4-7-17(19)27-28(24,25)18-8-3-2-6-16(18)20/h2-8,13-14H,9-12,21H2,1H3. The molecular weight excluding hydrogens is 402 g/mol. The number of rotatable bonds is 6. The third-order valence-corrected chi connectivity index (χ3v) is 6.45. The average molecular weight is 424 g/mol. The van der Waals surface area contributed by atoms with E-state index in [0.29, 0.717) is 5.75 Å². The molecule has 0 unspecified atom stereocenters. The fraction of sp³-hybridized carbons (Fsp3) is 0.316. The van der Waals surface area contributed by atoms with Gasteiger partial charge in [-0.05, 0) is 37.0 Å². The lowest BCUT2D eigenvalue weighted by atomic mass is 9.89. The molecule has 7 nitrogen and oxygen atoms in total. The zero-order valence-electron chi connectivity index (χ0n) is 15.4. The smallest absolute Gasteiger partial charge is 0.340 e. The van der Waals surface area contributed by atoms with E-state index in [9.17, 15) is 8.42 Å². The van der Waals surface area contributed by atoms with Gasteiger partial charge >= 0.3 is 10.1 Å². The maximum atomic E-state index is 12.7. The van der Waals surface area contributed by atoms with Crippen molar-refractivity contribution in [1.29, 1.82) is 0 Å². The molecule has 2 aromatic rings. The third kappa shape index (κ3) is 4.34. The van der Waals surface area contributed by atoms with Crippen LogP contribution in [0.2, 0.25) is 5.02 Å². The summed E-state index contributed by atoms with van der Waals surface area (Å²) in [5.41, 5.74) is 0.915. The fourth-order valence-corrected chi connectivity index (χ4v) is 4.80. The molecule has 0 radical (unpaired) electrons. The van der Waals surface area contributed by atoms with E-state index in [2.05, 4.69) is 5.10 Å². The lowest BCUT2D eigenvalue weighted by Gasteiger charge is -2.31. The lowest BCUT2D eigenvalue weighted by molar-refractivity contribution is 0.311. The molecular formula is C19H22ClN3O4S. The summed E-state index contributed by atoms with van der Waals surface area (Å²) in [6, 6.07) is 11.4. The van der Waals surface area contributed by atoms with Crippen LogP contribution in [0.3, 0.4) is 0 Å². The van der Waals surface area contributed by atoms with Gasteiger partial charge in [-0.15, -0.1) is 0 Å². The molecule has 150 valence electrons. The molecule has 1 heterocycles. The van der Waals surface area contributed by atoms with E-state index in [4.69, 9.17) is 26.4 Å². The summed E-state index contributed by atoms with van der Waals surface area (Å²) < 4.78 is 36.3. The molecule has 0 bridgehead atoms. The lowest BCUT2D eigenvalue weighted by Crippen LogP contribution is -2.32. The first kappa shape index (κ1) is 20.3. The first-order valence-corrected chi connectivity index (χ1v) is 10.6. The summed E-state index contributed by atoms with van der Waals surface area (Å²) in [4.78, 5) is 1.96. The Morgan fingerprint density at radius 2 is 1.89 bits per heavy atom. The summed E-state index contributed by atoms with van der Waals surface area (Å²) >= 11 is 6.03. The number of nitrogens with zero attached hydrogens (tertiary/aromatic N) is 2. The van der Waals surface area contributed by atoms with Gasteiger partial charge in [-0.1, -0.05) is 35.9 Å². The van der Waals surface area contributed by atoms with Crippen molar-refractivity contribution in [1.82, 2.24) is 4.90 Å². The largest absolute Gasteiger partial charge is 0.492 e. The number of benzene rings is 2. The SMILES string of the molecule is COc1c(OS(=O)(=O)c2ccccc2Cl)cccc1C1CCN(C=NN)CC1. The van der Waals surface area contributed by atoms with Crippen molar-refractivity contribution in [2.75, 3.05) is 20.2 Å². The van der Waals surface area contributed by atoms with E-state index in [-0.39, 0.29) is 21.6 Å². The Labute approximate surface area is 169 Å². The van der Waals surface area contributed by atoms with Crippen molar-refractivity contribution < 1.29 is 17.3 Å². The summed E-state index contributed by atoms with van der Waals surface area (Å²) in [5.74, 6) is 5.99. The molecule has 1 fully saturated rings. The van der Waals surface area contributed by atoms with E-state index in [1.165, 1.54) is 19.2 Å². The highest BCUT2D eigenvalue weighted by molar-refractivity contribution is 7.87. The fourth-order valence-electron chi connectivity index (χ4n) is 3.37. The number of halogens is 1.